The van der Waals surface area contributed by atoms with Gasteiger partial charge in [0.2, 0.25) is 0 Å². The van der Waals surface area contributed by atoms with Crippen LogP contribution in [0.1, 0.15) is 31.7 Å². The first-order valence-electron chi connectivity index (χ1n) is 6.39. The highest BCUT2D eigenvalue weighted by atomic mass is 16.5. The van der Waals surface area contributed by atoms with Crippen LogP contribution in [0.5, 0.6) is 0 Å². The van der Waals surface area contributed by atoms with Crippen molar-refractivity contribution in [2.75, 3.05) is 31.3 Å². The van der Waals surface area contributed by atoms with Crippen molar-refractivity contribution in [3.63, 3.8) is 0 Å². The number of rotatable bonds is 8. The van der Waals surface area contributed by atoms with Crippen molar-refractivity contribution in [1.29, 1.82) is 0 Å². The summed E-state index contributed by atoms with van der Waals surface area (Å²) in [5.41, 5.74) is 9.24. The van der Waals surface area contributed by atoms with Crippen LogP contribution in [0.3, 0.4) is 0 Å². The molecule has 3 heteroatoms. The molecule has 0 aliphatic heterocycles. The van der Waals surface area contributed by atoms with Crippen LogP contribution in [-0.4, -0.2) is 20.3 Å². The Morgan fingerprint density at radius 3 is 2.82 bits per heavy atom. The quantitative estimate of drug-likeness (QED) is 0.538. The van der Waals surface area contributed by atoms with E-state index in [0.717, 1.165) is 44.5 Å². The molecule has 1 aromatic carbocycles. The molecule has 0 bridgehead atoms. The number of ether oxygens (including phenoxy) is 1. The molecule has 0 amide bonds. The molecule has 17 heavy (non-hydrogen) atoms. The standard InChI is InChI=1S/C14H24N2O/c1-3-6-12-11-13(7-8-14(12)15)16-9-4-5-10-17-2/h7-8,11,16H,3-6,9-10,15H2,1-2H3. The Hall–Kier alpha value is -1.22. The summed E-state index contributed by atoms with van der Waals surface area (Å²) in [6, 6.07) is 6.20. The van der Waals surface area contributed by atoms with E-state index in [2.05, 4.69) is 18.3 Å². The van der Waals surface area contributed by atoms with Crippen LogP contribution in [0.4, 0.5) is 11.4 Å². The third kappa shape index (κ3) is 5.09. The van der Waals surface area contributed by atoms with Crippen molar-refractivity contribution in [2.24, 2.45) is 0 Å². The fraction of sp³-hybridized carbons (Fsp3) is 0.571. The Morgan fingerprint density at radius 1 is 1.29 bits per heavy atom. The van der Waals surface area contributed by atoms with E-state index in [1.165, 1.54) is 11.3 Å². The van der Waals surface area contributed by atoms with E-state index < -0.39 is 0 Å². The number of hydrogen-bond donors (Lipinski definition) is 2. The van der Waals surface area contributed by atoms with E-state index in [1.54, 1.807) is 7.11 Å². The zero-order valence-corrected chi connectivity index (χ0v) is 11.0. The van der Waals surface area contributed by atoms with Crippen molar-refractivity contribution in [3.8, 4) is 0 Å². The summed E-state index contributed by atoms with van der Waals surface area (Å²) in [4.78, 5) is 0. The van der Waals surface area contributed by atoms with Crippen LogP contribution < -0.4 is 11.1 Å². The van der Waals surface area contributed by atoms with Gasteiger partial charge in [0, 0.05) is 31.6 Å². The monoisotopic (exact) mass is 236 g/mol. The fourth-order valence-corrected chi connectivity index (χ4v) is 1.81. The lowest BCUT2D eigenvalue weighted by atomic mass is 10.1. The molecular formula is C14H24N2O. The molecule has 0 fully saturated rings. The maximum absolute atomic E-state index is 5.93. The van der Waals surface area contributed by atoms with Crippen molar-refractivity contribution in [1.82, 2.24) is 0 Å². The maximum atomic E-state index is 5.93. The van der Waals surface area contributed by atoms with Gasteiger partial charge >= 0.3 is 0 Å². The summed E-state index contributed by atoms with van der Waals surface area (Å²) in [6.45, 7) is 3.99. The minimum atomic E-state index is 0.838. The number of methoxy groups -OCH3 is 1. The normalized spacial score (nSPS) is 10.5. The van der Waals surface area contributed by atoms with E-state index in [0.29, 0.717) is 0 Å². The Morgan fingerprint density at radius 2 is 2.12 bits per heavy atom. The highest BCUT2D eigenvalue weighted by Crippen LogP contribution is 2.19. The first kappa shape index (κ1) is 13.8. The number of unbranched alkanes of at least 4 members (excludes halogenated alkanes) is 1. The molecule has 96 valence electrons. The number of anilines is 2. The highest BCUT2D eigenvalue weighted by molar-refractivity contribution is 5.57. The highest BCUT2D eigenvalue weighted by Gasteiger charge is 2.00. The summed E-state index contributed by atoms with van der Waals surface area (Å²) in [5.74, 6) is 0. The van der Waals surface area contributed by atoms with Gasteiger partial charge in [-0.3, -0.25) is 0 Å². The van der Waals surface area contributed by atoms with Gasteiger partial charge in [0.05, 0.1) is 0 Å². The van der Waals surface area contributed by atoms with Gasteiger partial charge in [-0.05, 0) is 43.0 Å². The Bertz CT molecular complexity index is 326. The Labute approximate surface area is 104 Å². The zero-order valence-electron chi connectivity index (χ0n) is 11.0. The number of benzene rings is 1. The molecule has 0 radical (unpaired) electrons. The summed E-state index contributed by atoms with van der Waals surface area (Å²) >= 11 is 0. The summed E-state index contributed by atoms with van der Waals surface area (Å²) in [7, 11) is 1.74. The van der Waals surface area contributed by atoms with Gasteiger partial charge in [0.25, 0.3) is 0 Å². The zero-order chi connectivity index (χ0) is 12.5. The molecule has 0 aromatic heterocycles. The van der Waals surface area contributed by atoms with Gasteiger partial charge in [-0.25, -0.2) is 0 Å². The van der Waals surface area contributed by atoms with E-state index in [9.17, 15) is 0 Å². The van der Waals surface area contributed by atoms with Crippen molar-refractivity contribution in [3.05, 3.63) is 23.8 Å². The predicted molar refractivity (Wildman–Crippen MR) is 74.4 cm³/mol. The lowest BCUT2D eigenvalue weighted by molar-refractivity contribution is 0.194. The molecule has 0 aliphatic rings. The third-order valence-electron chi connectivity index (χ3n) is 2.77. The van der Waals surface area contributed by atoms with Gasteiger partial charge in [-0.15, -0.1) is 0 Å². The van der Waals surface area contributed by atoms with Gasteiger partial charge < -0.3 is 15.8 Å². The van der Waals surface area contributed by atoms with Crippen molar-refractivity contribution in [2.45, 2.75) is 32.6 Å². The molecule has 0 aliphatic carbocycles. The number of nitrogen functional groups attached to an aromatic ring is 1. The van der Waals surface area contributed by atoms with Crippen LogP contribution >= 0.6 is 0 Å². The number of aryl methyl sites for hydroxylation is 1. The molecule has 3 nitrogen and oxygen atoms in total. The summed E-state index contributed by atoms with van der Waals surface area (Å²) in [6.07, 6.45) is 4.40. The topological polar surface area (TPSA) is 47.3 Å². The minimum Gasteiger partial charge on any atom is -0.399 e. The van der Waals surface area contributed by atoms with Gasteiger partial charge in [-0.1, -0.05) is 13.3 Å². The van der Waals surface area contributed by atoms with Gasteiger partial charge in [0.15, 0.2) is 0 Å². The van der Waals surface area contributed by atoms with E-state index in [4.69, 9.17) is 10.5 Å². The Kier molecular flexibility index (Phi) is 6.48. The van der Waals surface area contributed by atoms with Gasteiger partial charge in [-0.2, -0.15) is 0 Å². The second-order valence-electron chi connectivity index (χ2n) is 4.29. The minimum absolute atomic E-state index is 0.838. The molecule has 3 N–H and O–H groups in total. The molecular weight excluding hydrogens is 212 g/mol. The predicted octanol–water partition coefficient (Wildman–Crippen LogP) is 3.06. The van der Waals surface area contributed by atoms with Crippen molar-refractivity contribution >= 4 is 11.4 Å². The first-order chi connectivity index (χ1) is 8.27. The van der Waals surface area contributed by atoms with Crippen LogP contribution in [0.15, 0.2) is 18.2 Å². The van der Waals surface area contributed by atoms with E-state index >= 15 is 0 Å². The molecule has 0 atom stereocenters. The van der Waals surface area contributed by atoms with Crippen molar-refractivity contribution < 1.29 is 4.74 Å². The molecule has 0 unspecified atom stereocenters. The van der Waals surface area contributed by atoms with Crippen LogP contribution in [-0.2, 0) is 11.2 Å². The molecule has 0 spiro atoms. The lowest BCUT2D eigenvalue weighted by Crippen LogP contribution is -2.04. The molecule has 0 heterocycles. The Balaban J connectivity index is 2.40. The molecule has 0 saturated heterocycles. The number of hydrogen-bond acceptors (Lipinski definition) is 3. The van der Waals surface area contributed by atoms with Crippen LogP contribution in [0.2, 0.25) is 0 Å². The summed E-state index contributed by atoms with van der Waals surface area (Å²) < 4.78 is 5.02. The second-order valence-corrected chi connectivity index (χ2v) is 4.29. The average Bonchev–Trinajstić information content (AvgIpc) is 2.33. The summed E-state index contributed by atoms with van der Waals surface area (Å²) in [5, 5.41) is 3.42. The second kappa shape index (κ2) is 7.96. The number of nitrogens with one attached hydrogen (secondary N) is 1. The average molecular weight is 236 g/mol. The maximum Gasteiger partial charge on any atom is 0.0462 e. The molecule has 1 aromatic rings. The number of nitrogens with two attached hydrogens (primary N) is 1. The van der Waals surface area contributed by atoms with Crippen LogP contribution in [0.25, 0.3) is 0 Å². The molecule has 1 rings (SSSR count). The molecule has 0 saturated carbocycles. The SMILES string of the molecule is CCCc1cc(NCCCCOC)ccc1N. The third-order valence-corrected chi connectivity index (χ3v) is 2.77. The first-order valence-corrected chi connectivity index (χ1v) is 6.39. The largest absolute Gasteiger partial charge is 0.399 e. The van der Waals surface area contributed by atoms with E-state index in [1.807, 2.05) is 12.1 Å². The van der Waals surface area contributed by atoms with Gasteiger partial charge in [0.1, 0.15) is 0 Å². The smallest absolute Gasteiger partial charge is 0.0462 e. The fourth-order valence-electron chi connectivity index (χ4n) is 1.81. The van der Waals surface area contributed by atoms with Crippen LogP contribution in [0, 0.1) is 0 Å². The lowest BCUT2D eigenvalue weighted by Gasteiger charge is -2.10. The van der Waals surface area contributed by atoms with E-state index in [-0.39, 0.29) is 0 Å².